The minimum Gasteiger partial charge on any atom is -0.406 e. The maximum absolute atomic E-state index is 12.7. The molecule has 0 fully saturated rings. The molecule has 0 bridgehead atoms. The highest BCUT2D eigenvalue weighted by Gasteiger charge is 2.31. The van der Waals surface area contributed by atoms with Gasteiger partial charge in [-0.05, 0) is 18.6 Å². The molecule has 0 aliphatic rings. The van der Waals surface area contributed by atoms with Crippen LogP contribution in [0.15, 0.2) is 30.3 Å². The quantitative estimate of drug-likeness (QED) is 0.432. The number of halogens is 6. The molecule has 1 N–H and O–H groups in total. The van der Waals surface area contributed by atoms with E-state index in [2.05, 4.69) is 15.2 Å². The second-order valence-corrected chi connectivity index (χ2v) is 6.58. The molecule has 170 valence electrons. The first-order valence-corrected chi connectivity index (χ1v) is 9.17. The zero-order chi connectivity index (χ0) is 23.2. The Labute approximate surface area is 173 Å². The van der Waals surface area contributed by atoms with E-state index in [1.165, 1.54) is 18.2 Å². The van der Waals surface area contributed by atoms with E-state index < -0.39 is 43.1 Å². The maximum Gasteiger partial charge on any atom is 0.573 e. The molecule has 0 aliphatic heterocycles. The number of rotatable bonds is 9. The second-order valence-electron chi connectivity index (χ2n) is 6.58. The summed E-state index contributed by atoms with van der Waals surface area (Å²) in [5.41, 5.74) is 0.160. The van der Waals surface area contributed by atoms with Crippen LogP contribution in [0, 0.1) is 5.92 Å². The number of amides is 1. The molecule has 1 aromatic carbocycles. The topological polar surface area (TPSA) is 73.2 Å². The highest BCUT2D eigenvalue weighted by Crippen LogP contribution is 2.30. The van der Waals surface area contributed by atoms with Crippen LogP contribution in [0.2, 0.25) is 0 Å². The number of benzene rings is 1. The number of aldehydes is 1. The van der Waals surface area contributed by atoms with E-state index in [1.807, 2.05) is 0 Å². The van der Waals surface area contributed by atoms with Gasteiger partial charge >= 0.3 is 12.5 Å². The van der Waals surface area contributed by atoms with Gasteiger partial charge in [0.05, 0.1) is 18.7 Å². The van der Waals surface area contributed by atoms with Crippen LogP contribution in [0.4, 0.5) is 32.2 Å². The number of hydrogen-bond acceptors (Lipinski definition) is 4. The van der Waals surface area contributed by atoms with E-state index in [4.69, 9.17) is 0 Å². The number of alkyl halides is 6. The molecule has 0 unspecified atom stereocenters. The highest BCUT2D eigenvalue weighted by atomic mass is 19.4. The van der Waals surface area contributed by atoms with Gasteiger partial charge in [-0.2, -0.15) is 18.3 Å². The average molecular weight is 451 g/mol. The molecule has 0 saturated carbocycles. The fourth-order valence-corrected chi connectivity index (χ4v) is 2.77. The molecule has 0 spiro atoms. The lowest BCUT2D eigenvalue weighted by molar-refractivity contribution is -0.274. The first-order valence-electron chi connectivity index (χ1n) is 9.17. The highest BCUT2D eigenvalue weighted by molar-refractivity contribution is 5.93. The summed E-state index contributed by atoms with van der Waals surface area (Å²) in [5.74, 6) is -1.84. The second kappa shape index (κ2) is 9.84. The van der Waals surface area contributed by atoms with Gasteiger partial charge in [0.25, 0.3) is 0 Å². The van der Waals surface area contributed by atoms with Crippen molar-refractivity contribution in [2.45, 2.75) is 45.3 Å². The number of anilines is 1. The summed E-state index contributed by atoms with van der Waals surface area (Å²) in [6.45, 7) is 1.07. The zero-order valence-electron chi connectivity index (χ0n) is 16.3. The lowest BCUT2D eigenvalue weighted by Crippen LogP contribution is -2.23. The Morgan fingerprint density at radius 1 is 1.23 bits per heavy atom. The van der Waals surface area contributed by atoms with Crippen molar-refractivity contribution in [3.63, 3.8) is 0 Å². The Bertz CT molecular complexity index is 908. The molecule has 6 nitrogen and oxygen atoms in total. The van der Waals surface area contributed by atoms with Gasteiger partial charge in [-0.15, -0.1) is 13.2 Å². The third kappa shape index (κ3) is 7.61. The van der Waals surface area contributed by atoms with Gasteiger partial charge in [-0.1, -0.05) is 19.1 Å². The predicted octanol–water partition coefficient (Wildman–Crippen LogP) is 4.95. The van der Waals surface area contributed by atoms with Gasteiger partial charge in [0.15, 0.2) is 5.82 Å². The normalized spacial score (nSPS) is 13.0. The fraction of sp³-hybridized carbons (Fsp3) is 0.421. The van der Waals surface area contributed by atoms with Crippen molar-refractivity contribution in [2.75, 3.05) is 5.32 Å². The van der Waals surface area contributed by atoms with E-state index in [0.29, 0.717) is 12.7 Å². The van der Waals surface area contributed by atoms with Crippen molar-refractivity contribution in [3.8, 4) is 17.0 Å². The van der Waals surface area contributed by atoms with Gasteiger partial charge in [-0.3, -0.25) is 9.48 Å². The van der Waals surface area contributed by atoms with Gasteiger partial charge < -0.3 is 14.8 Å². The molecule has 1 amide bonds. The first kappa shape index (κ1) is 24.2. The van der Waals surface area contributed by atoms with Gasteiger partial charge in [0.2, 0.25) is 5.91 Å². The minimum atomic E-state index is -4.94. The van der Waals surface area contributed by atoms with Crippen molar-refractivity contribution < 1.29 is 40.7 Å². The van der Waals surface area contributed by atoms with Gasteiger partial charge in [-0.25, -0.2) is 0 Å². The van der Waals surface area contributed by atoms with Crippen LogP contribution in [-0.2, 0) is 16.1 Å². The van der Waals surface area contributed by atoms with Crippen molar-refractivity contribution >= 4 is 18.0 Å². The third-order valence-electron chi connectivity index (χ3n) is 4.25. The molecule has 1 atom stereocenters. The van der Waals surface area contributed by atoms with Crippen LogP contribution in [0.1, 0.15) is 26.2 Å². The van der Waals surface area contributed by atoms with Crippen LogP contribution >= 0.6 is 0 Å². The summed E-state index contributed by atoms with van der Waals surface area (Å²) >= 11 is 0. The smallest absolute Gasteiger partial charge is 0.406 e. The number of hydrogen-bond donors (Lipinski definition) is 1. The number of nitrogens with zero attached hydrogens (tertiary/aromatic N) is 2. The number of carbonyl (C=O) groups excluding carboxylic acids is 2. The van der Waals surface area contributed by atoms with E-state index >= 15 is 0 Å². The van der Waals surface area contributed by atoms with Crippen molar-refractivity contribution in [3.05, 3.63) is 30.3 Å². The molecular weight excluding hydrogens is 432 g/mol. The molecule has 12 heteroatoms. The standard InChI is InChI=1S/C19H19F6N3O3/c1-2-12(6-9-29)17(30)26-16-11-15(28(27-16)8-7-18(20,21)22)13-4-3-5-14(10-13)31-19(23,24)25/h3-5,9-12H,2,6-8H2,1H3,(H,26,27,30)/t12-/m0/s1. The lowest BCUT2D eigenvalue weighted by Gasteiger charge is -2.12. The van der Waals surface area contributed by atoms with E-state index in [9.17, 15) is 35.9 Å². The summed E-state index contributed by atoms with van der Waals surface area (Å²) in [4.78, 5) is 23.0. The number of nitrogens with one attached hydrogen (secondary N) is 1. The number of aromatic nitrogens is 2. The average Bonchev–Trinajstić information content (AvgIpc) is 3.05. The number of carbonyl (C=O) groups is 2. The lowest BCUT2D eigenvalue weighted by atomic mass is 10.0. The van der Waals surface area contributed by atoms with E-state index in [-0.39, 0.29) is 23.5 Å². The summed E-state index contributed by atoms with van der Waals surface area (Å²) < 4.78 is 80.3. The van der Waals surface area contributed by atoms with Crippen LogP contribution in [0.3, 0.4) is 0 Å². The Hall–Kier alpha value is -3.05. The van der Waals surface area contributed by atoms with E-state index in [0.717, 1.165) is 16.8 Å². The molecule has 0 aliphatic carbocycles. The van der Waals surface area contributed by atoms with Crippen molar-refractivity contribution in [2.24, 2.45) is 5.92 Å². The Morgan fingerprint density at radius 2 is 1.94 bits per heavy atom. The summed E-state index contributed by atoms with van der Waals surface area (Å²) in [7, 11) is 0. The Kier molecular flexibility index (Phi) is 7.69. The van der Waals surface area contributed by atoms with Crippen LogP contribution in [0.5, 0.6) is 5.75 Å². The summed E-state index contributed by atoms with van der Waals surface area (Å²) in [6, 6.07) is 5.90. The molecule has 0 saturated heterocycles. The number of aryl methyl sites for hydroxylation is 1. The monoisotopic (exact) mass is 451 g/mol. The Morgan fingerprint density at radius 3 is 2.52 bits per heavy atom. The summed E-state index contributed by atoms with van der Waals surface area (Å²) in [6.07, 6.45) is -9.79. The zero-order valence-corrected chi connectivity index (χ0v) is 16.3. The first-order chi connectivity index (χ1) is 14.4. The molecule has 2 aromatic rings. The molecule has 1 aromatic heterocycles. The van der Waals surface area contributed by atoms with Crippen LogP contribution in [-0.4, -0.2) is 34.5 Å². The SMILES string of the molecule is CC[C@@H](CC=O)C(=O)Nc1cc(-c2cccc(OC(F)(F)F)c2)n(CCC(F)(F)F)n1. The van der Waals surface area contributed by atoms with Gasteiger partial charge in [0, 0.05) is 24.0 Å². The molecular formula is C19H19F6N3O3. The van der Waals surface area contributed by atoms with Crippen molar-refractivity contribution in [1.29, 1.82) is 0 Å². The molecule has 1 heterocycles. The predicted molar refractivity (Wildman–Crippen MR) is 98.1 cm³/mol. The van der Waals surface area contributed by atoms with Gasteiger partial charge in [0.1, 0.15) is 12.0 Å². The maximum atomic E-state index is 12.7. The minimum absolute atomic E-state index is 0.0409. The molecule has 2 rings (SSSR count). The van der Waals surface area contributed by atoms with Crippen LogP contribution < -0.4 is 10.1 Å². The molecule has 31 heavy (non-hydrogen) atoms. The third-order valence-corrected chi connectivity index (χ3v) is 4.25. The summed E-state index contributed by atoms with van der Waals surface area (Å²) in [5, 5.41) is 6.38. The Balaban J connectivity index is 2.37. The fourth-order valence-electron chi connectivity index (χ4n) is 2.77. The number of ether oxygens (including phenoxy) is 1. The van der Waals surface area contributed by atoms with Crippen LogP contribution in [0.25, 0.3) is 11.3 Å². The largest absolute Gasteiger partial charge is 0.573 e. The van der Waals surface area contributed by atoms with E-state index in [1.54, 1.807) is 6.92 Å². The molecule has 0 radical (unpaired) electrons. The van der Waals surface area contributed by atoms with Crippen molar-refractivity contribution in [1.82, 2.24) is 9.78 Å².